The predicted octanol–water partition coefficient (Wildman–Crippen LogP) is 3.80. The molecule has 2 rings (SSSR count). The molecule has 0 bridgehead atoms. The molecule has 0 fully saturated rings. The second-order valence-electron chi connectivity index (χ2n) is 5.24. The molecule has 1 aliphatic carbocycles. The molecule has 0 heterocycles. The van der Waals surface area contributed by atoms with Crippen LogP contribution in [0.5, 0.6) is 5.75 Å². The van der Waals surface area contributed by atoms with Crippen LogP contribution in [0.4, 0.5) is 0 Å². The average molecular weight is 279 g/mol. The molecule has 1 N–H and O–H groups in total. The normalized spacial score (nSPS) is 19.8. The first-order chi connectivity index (χ1) is 9.24. The van der Waals surface area contributed by atoms with Crippen LogP contribution in [0, 0.1) is 0 Å². The molecule has 0 amide bonds. The van der Waals surface area contributed by atoms with Crippen LogP contribution in [0.25, 0.3) is 0 Å². The van der Waals surface area contributed by atoms with Gasteiger partial charge < -0.3 is 10.1 Å². The number of nitrogens with one attached hydrogen (secondary N) is 1. The van der Waals surface area contributed by atoms with E-state index in [0.717, 1.165) is 5.75 Å². The molecule has 1 aromatic rings. The van der Waals surface area contributed by atoms with E-state index < -0.39 is 0 Å². The number of aryl methyl sites for hydroxylation is 1. The van der Waals surface area contributed by atoms with E-state index in [2.05, 4.69) is 37.4 Å². The number of hydrogen-bond acceptors (Lipinski definition) is 3. The molecule has 3 heteroatoms. The zero-order chi connectivity index (χ0) is 13.7. The number of ether oxygens (including phenoxy) is 1. The molecule has 2 nitrogen and oxygen atoms in total. The summed E-state index contributed by atoms with van der Waals surface area (Å²) >= 11 is 2.01. The van der Waals surface area contributed by atoms with E-state index in [0.29, 0.717) is 12.1 Å². The van der Waals surface area contributed by atoms with Gasteiger partial charge in [0.15, 0.2) is 0 Å². The predicted molar refractivity (Wildman–Crippen MR) is 84.3 cm³/mol. The molecule has 0 aromatic heterocycles. The number of rotatable bonds is 6. The van der Waals surface area contributed by atoms with Gasteiger partial charge in [-0.2, -0.15) is 11.8 Å². The van der Waals surface area contributed by atoms with Crippen LogP contribution in [0.3, 0.4) is 0 Å². The highest BCUT2D eigenvalue weighted by atomic mass is 32.2. The third kappa shape index (κ3) is 3.90. The van der Waals surface area contributed by atoms with Gasteiger partial charge in [0, 0.05) is 17.8 Å². The van der Waals surface area contributed by atoms with Crippen LogP contribution < -0.4 is 10.1 Å². The summed E-state index contributed by atoms with van der Waals surface area (Å²) in [6.45, 7) is 4.51. The number of fused-ring (bicyclic) bond motifs is 1. The highest BCUT2D eigenvalue weighted by molar-refractivity contribution is 7.99. The van der Waals surface area contributed by atoms with Gasteiger partial charge in [0.05, 0.1) is 7.11 Å². The van der Waals surface area contributed by atoms with E-state index in [1.165, 1.54) is 41.9 Å². The van der Waals surface area contributed by atoms with Gasteiger partial charge in [-0.1, -0.05) is 13.0 Å². The smallest absolute Gasteiger partial charge is 0.119 e. The van der Waals surface area contributed by atoms with Crippen molar-refractivity contribution in [1.82, 2.24) is 5.32 Å². The summed E-state index contributed by atoms with van der Waals surface area (Å²) in [7, 11) is 1.74. The monoisotopic (exact) mass is 279 g/mol. The topological polar surface area (TPSA) is 21.3 Å². The zero-order valence-corrected chi connectivity index (χ0v) is 13.1. The van der Waals surface area contributed by atoms with Crippen LogP contribution in [0.15, 0.2) is 18.2 Å². The summed E-state index contributed by atoms with van der Waals surface area (Å²) in [5.74, 6) is 3.36. The van der Waals surface area contributed by atoms with Gasteiger partial charge in [0.1, 0.15) is 5.75 Å². The summed E-state index contributed by atoms with van der Waals surface area (Å²) in [6.07, 6.45) is 3.72. The van der Waals surface area contributed by atoms with Gasteiger partial charge in [0.2, 0.25) is 0 Å². The molecule has 1 aliphatic rings. The molecule has 2 atom stereocenters. The van der Waals surface area contributed by atoms with Crippen molar-refractivity contribution in [1.29, 1.82) is 0 Å². The van der Waals surface area contributed by atoms with Crippen LogP contribution in [0.1, 0.15) is 43.9 Å². The van der Waals surface area contributed by atoms with E-state index in [1.807, 2.05) is 11.8 Å². The first kappa shape index (κ1) is 14.7. The van der Waals surface area contributed by atoms with Crippen molar-refractivity contribution in [3.63, 3.8) is 0 Å². The molecule has 1 aromatic carbocycles. The van der Waals surface area contributed by atoms with Crippen LogP contribution in [0.2, 0.25) is 0 Å². The largest absolute Gasteiger partial charge is 0.497 e. The van der Waals surface area contributed by atoms with Gasteiger partial charge in [-0.3, -0.25) is 0 Å². The third-order valence-electron chi connectivity index (χ3n) is 3.73. The maximum atomic E-state index is 5.37. The molecule has 2 unspecified atom stereocenters. The van der Waals surface area contributed by atoms with E-state index >= 15 is 0 Å². The average Bonchev–Trinajstić information content (AvgIpc) is 2.45. The Hall–Kier alpha value is -0.670. The fraction of sp³-hybridized carbons (Fsp3) is 0.625. The lowest BCUT2D eigenvalue weighted by molar-refractivity contribution is 0.403. The first-order valence-corrected chi connectivity index (χ1v) is 8.40. The minimum atomic E-state index is 0.492. The molecule has 0 saturated heterocycles. The number of benzene rings is 1. The first-order valence-electron chi connectivity index (χ1n) is 7.25. The number of methoxy groups -OCH3 is 1. The summed E-state index contributed by atoms with van der Waals surface area (Å²) in [4.78, 5) is 0. The minimum Gasteiger partial charge on any atom is -0.497 e. The molecule has 19 heavy (non-hydrogen) atoms. The minimum absolute atomic E-state index is 0.492. The van der Waals surface area contributed by atoms with Gasteiger partial charge in [-0.25, -0.2) is 0 Å². The van der Waals surface area contributed by atoms with Gasteiger partial charge in [-0.15, -0.1) is 0 Å². The third-order valence-corrected chi connectivity index (χ3v) is 4.87. The number of thioether (sulfide) groups is 1. The van der Waals surface area contributed by atoms with Crippen molar-refractivity contribution in [2.45, 2.75) is 45.2 Å². The maximum Gasteiger partial charge on any atom is 0.119 e. The lowest BCUT2D eigenvalue weighted by Gasteiger charge is -2.29. The zero-order valence-electron chi connectivity index (χ0n) is 12.2. The van der Waals surface area contributed by atoms with E-state index in [-0.39, 0.29) is 0 Å². The molecule has 0 spiro atoms. The fourth-order valence-electron chi connectivity index (χ4n) is 2.76. The molecule has 0 aliphatic heterocycles. The molecule has 106 valence electrons. The molecule has 0 radical (unpaired) electrons. The number of hydrogen-bond donors (Lipinski definition) is 1. The van der Waals surface area contributed by atoms with Crippen molar-refractivity contribution in [3.8, 4) is 5.75 Å². The standard InChI is InChI=1S/C16H25NOS/c1-4-19-11-12(2)17-16-7-5-6-13-8-9-14(18-3)10-15(13)16/h8-10,12,16-17H,4-7,11H2,1-3H3. The quantitative estimate of drug-likeness (QED) is 0.855. The second kappa shape index (κ2) is 7.20. The van der Waals surface area contributed by atoms with Crippen molar-refractivity contribution < 1.29 is 4.74 Å². The van der Waals surface area contributed by atoms with Gasteiger partial charge in [0.25, 0.3) is 0 Å². The summed E-state index contributed by atoms with van der Waals surface area (Å²) in [5, 5.41) is 3.78. The molecular weight excluding hydrogens is 254 g/mol. The van der Waals surface area contributed by atoms with Crippen molar-refractivity contribution in [2.75, 3.05) is 18.6 Å². The lowest BCUT2D eigenvalue weighted by Crippen LogP contribution is -2.34. The summed E-state index contributed by atoms with van der Waals surface area (Å²) in [6, 6.07) is 7.58. The second-order valence-corrected chi connectivity index (χ2v) is 6.56. The van der Waals surface area contributed by atoms with Gasteiger partial charge >= 0.3 is 0 Å². The van der Waals surface area contributed by atoms with E-state index in [9.17, 15) is 0 Å². The Morgan fingerprint density at radius 3 is 3.05 bits per heavy atom. The lowest BCUT2D eigenvalue weighted by atomic mass is 9.87. The van der Waals surface area contributed by atoms with Crippen molar-refractivity contribution >= 4 is 11.8 Å². The summed E-state index contributed by atoms with van der Waals surface area (Å²) < 4.78 is 5.37. The van der Waals surface area contributed by atoms with Crippen LogP contribution >= 0.6 is 11.8 Å². The summed E-state index contributed by atoms with van der Waals surface area (Å²) in [5.41, 5.74) is 2.93. The SMILES string of the molecule is CCSCC(C)NC1CCCc2ccc(OC)cc21. The Morgan fingerprint density at radius 1 is 1.47 bits per heavy atom. The molecule has 0 saturated carbocycles. The Bertz CT molecular complexity index is 408. The van der Waals surface area contributed by atoms with Crippen LogP contribution in [-0.4, -0.2) is 24.7 Å². The van der Waals surface area contributed by atoms with E-state index in [4.69, 9.17) is 4.74 Å². The Morgan fingerprint density at radius 2 is 2.32 bits per heavy atom. The van der Waals surface area contributed by atoms with Gasteiger partial charge in [-0.05, 0) is 55.2 Å². The maximum absolute atomic E-state index is 5.37. The van der Waals surface area contributed by atoms with Crippen molar-refractivity contribution in [2.24, 2.45) is 0 Å². The Balaban J connectivity index is 2.07. The van der Waals surface area contributed by atoms with E-state index in [1.54, 1.807) is 7.11 Å². The highest BCUT2D eigenvalue weighted by Gasteiger charge is 2.21. The van der Waals surface area contributed by atoms with Crippen molar-refractivity contribution in [3.05, 3.63) is 29.3 Å². The molecular formula is C16H25NOS. The van der Waals surface area contributed by atoms with Crippen LogP contribution in [-0.2, 0) is 6.42 Å². The fourth-order valence-corrected chi connectivity index (χ4v) is 3.45. The highest BCUT2D eigenvalue weighted by Crippen LogP contribution is 2.32. The Kier molecular flexibility index (Phi) is 5.59. The Labute approximate surface area is 121 Å².